The SMILES string of the molecule is Cc1cc(C)c(CSc2ccccc2C)cc1C=O. The van der Waals surface area contributed by atoms with Crippen LogP contribution in [-0.2, 0) is 5.75 Å². The smallest absolute Gasteiger partial charge is 0.150 e. The van der Waals surface area contributed by atoms with Crippen LogP contribution in [0.2, 0.25) is 0 Å². The minimum atomic E-state index is 0.797. The van der Waals surface area contributed by atoms with Crippen LogP contribution >= 0.6 is 11.8 Å². The van der Waals surface area contributed by atoms with E-state index in [1.807, 2.05) is 24.8 Å². The van der Waals surface area contributed by atoms with Gasteiger partial charge in [0.15, 0.2) is 0 Å². The number of hydrogen-bond donors (Lipinski definition) is 0. The van der Waals surface area contributed by atoms with Gasteiger partial charge in [0.2, 0.25) is 0 Å². The lowest BCUT2D eigenvalue weighted by atomic mass is 10.0. The molecule has 2 aromatic rings. The Kier molecular flexibility index (Phi) is 4.43. The maximum absolute atomic E-state index is 11.0. The molecule has 98 valence electrons. The van der Waals surface area contributed by atoms with E-state index in [-0.39, 0.29) is 0 Å². The van der Waals surface area contributed by atoms with Crippen molar-refractivity contribution in [2.24, 2.45) is 0 Å². The Hall–Kier alpha value is -1.54. The van der Waals surface area contributed by atoms with E-state index in [1.54, 1.807) is 0 Å². The molecule has 1 nitrogen and oxygen atoms in total. The predicted octanol–water partition coefficient (Wildman–Crippen LogP) is 4.72. The van der Waals surface area contributed by atoms with E-state index in [1.165, 1.54) is 21.6 Å². The molecule has 2 heteroatoms. The summed E-state index contributed by atoms with van der Waals surface area (Å²) in [6.07, 6.45) is 0.941. The first kappa shape index (κ1) is 13.9. The lowest BCUT2D eigenvalue weighted by Crippen LogP contribution is -1.94. The van der Waals surface area contributed by atoms with Gasteiger partial charge in [0, 0.05) is 16.2 Å². The highest BCUT2D eigenvalue weighted by molar-refractivity contribution is 7.98. The van der Waals surface area contributed by atoms with Gasteiger partial charge in [0.05, 0.1) is 0 Å². The lowest BCUT2D eigenvalue weighted by Gasteiger charge is -2.10. The maximum atomic E-state index is 11.0. The summed E-state index contributed by atoms with van der Waals surface area (Å²) in [5.41, 5.74) is 5.64. The number of carbonyl (C=O) groups excluding carboxylic acids is 1. The number of aryl methyl sites for hydroxylation is 3. The second kappa shape index (κ2) is 6.07. The number of thioether (sulfide) groups is 1. The third-order valence-electron chi connectivity index (χ3n) is 3.33. The Balaban J connectivity index is 2.20. The molecular formula is C17H18OS. The Morgan fingerprint density at radius 1 is 1.00 bits per heavy atom. The molecule has 0 aliphatic heterocycles. The topological polar surface area (TPSA) is 17.1 Å². The molecule has 19 heavy (non-hydrogen) atoms. The van der Waals surface area contributed by atoms with Crippen molar-refractivity contribution in [1.29, 1.82) is 0 Å². The molecule has 0 bridgehead atoms. The zero-order valence-corrected chi connectivity index (χ0v) is 12.4. The van der Waals surface area contributed by atoms with Gasteiger partial charge in [-0.1, -0.05) is 24.3 Å². The van der Waals surface area contributed by atoms with Gasteiger partial charge >= 0.3 is 0 Å². The van der Waals surface area contributed by atoms with Crippen LogP contribution in [0.5, 0.6) is 0 Å². The first-order chi connectivity index (χ1) is 9.11. The molecule has 2 rings (SSSR count). The Morgan fingerprint density at radius 2 is 1.74 bits per heavy atom. The standard InChI is InChI=1S/C17H18OS/c1-12-6-4-5-7-17(12)19-11-16-9-15(10-18)13(2)8-14(16)3/h4-10H,11H2,1-3H3. The molecule has 0 atom stereocenters. The van der Waals surface area contributed by atoms with E-state index < -0.39 is 0 Å². The summed E-state index contributed by atoms with van der Waals surface area (Å²) < 4.78 is 0. The zero-order valence-electron chi connectivity index (χ0n) is 11.6. The van der Waals surface area contributed by atoms with Crippen molar-refractivity contribution >= 4 is 18.0 Å². The quantitative estimate of drug-likeness (QED) is 0.591. The molecule has 2 aromatic carbocycles. The van der Waals surface area contributed by atoms with Crippen LogP contribution in [0.4, 0.5) is 0 Å². The highest BCUT2D eigenvalue weighted by Crippen LogP contribution is 2.27. The van der Waals surface area contributed by atoms with E-state index in [4.69, 9.17) is 0 Å². The number of hydrogen-bond acceptors (Lipinski definition) is 2. The van der Waals surface area contributed by atoms with Gasteiger partial charge in [-0.25, -0.2) is 0 Å². The lowest BCUT2D eigenvalue weighted by molar-refractivity contribution is 0.112. The highest BCUT2D eigenvalue weighted by Gasteiger charge is 2.06. The molecule has 0 spiro atoms. The number of benzene rings is 2. The van der Waals surface area contributed by atoms with Gasteiger partial charge in [0.1, 0.15) is 6.29 Å². The van der Waals surface area contributed by atoms with Crippen molar-refractivity contribution in [2.75, 3.05) is 0 Å². The fraction of sp³-hybridized carbons (Fsp3) is 0.235. The van der Waals surface area contributed by atoms with E-state index in [2.05, 4.69) is 44.2 Å². The minimum Gasteiger partial charge on any atom is -0.298 e. The molecule has 0 aromatic heterocycles. The third-order valence-corrected chi connectivity index (χ3v) is 4.55. The monoisotopic (exact) mass is 270 g/mol. The summed E-state index contributed by atoms with van der Waals surface area (Å²) in [4.78, 5) is 12.3. The van der Waals surface area contributed by atoms with Gasteiger partial charge in [-0.05, 0) is 55.2 Å². The second-order valence-electron chi connectivity index (χ2n) is 4.81. The van der Waals surface area contributed by atoms with Gasteiger partial charge in [-0.2, -0.15) is 0 Å². The van der Waals surface area contributed by atoms with Crippen molar-refractivity contribution < 1.29 is 4.79 Å². The maximum Gasteiger partial charge on any atom is 0.150 e. The third kappa shape index (κ3) is 3.27. The van der Waals surface area contributed by atoms with Gasteiger partial charge in [0.25, 0.3) is 0 Å². The normalized spacial score (nSPS) is 10.5. The summed E-state index contributed by atoms with van der Waals surface area (Å²) in [6.45, 7) is 6.21. The van der Waals surface area contributed by atoms with E-state index in [0.29, 0.717) is 0 Å². The predicted molar refractivity (Wildman–Crippen MR) is 82.0 cm³/mol. The summed E-state index contributed by atoms with van der Waals surface area (Å²) in [6, 6.07) is 12.5. The molecule has 0 amide bonds. The Morgan fingerprint density at radius 3 is 2.42 bits per heavy atom. The number of aldehydes is 1. The summed E-state index contributed by atoms with van der Waals surface area (Å²) in [5.74, 6) is 0.901. The van der Waals surface area contributed by atoms with Crippen molar-refractivity contribution in [1.82, 2.24) is 0 Å². The number of rotatable bonds is 4. The summed E-state index contributed by atoms with van der Waals surface area (Å²) >= 11 is 1.82. The van der Waals surface area contributed by atoms with Crippen LogP contribution < -0.4 is 0 Å². The van der Waals surface area contributed by atoms with Crippen molar-refractivity contribution in [3.63, 3.8) is 0 Å². The van der Waals surface area contributed by atoms with Crippen LogP contribution in [0.3, 0.4) is 0 Å². The van der Waals surface area contributed by atoms with E-state index in [0.717, 1.165) is 23.2 Å². The number of carbonyl (C=O) groups is 1. The first-order valence-corrected chi connectivity index (χ1v) is 7.34. The molecule has 0 radical (unpaired) electrons. The average Bonchev–Trinajstić information content (AvgIpc) is 2.39. The molecule has 0 N–H and O–H groups in total. The minimum absolute atomic E-state index is 0.797. The second-order valence-corrected chi connectivity index (χ2v) is 5.82. The Bertz CT molecular complexity index is 602. The van der Waals surface area contributed by atoms with Crippen LogP contribution in [0, 0.1) is 20.8 Å². The van der Waals surface area contributed by atoms with Crippen molar-refractivity contribution in [3.05, 3.63) is 64.2 Å². The van der Waals surface area contributed by atoms with Crippen LogP contribution in [0.25, 0.3) is 0 Å². The van der Waals surface area contributed by atoms with Crippen molar-refractivity contribution in [2.45, 2.75) is 31.4 Å². The molecule has 0 aliphatic carbocycles. The molecule has 0 heterocycles. The molecule has 0 unspecified atom stereocenters. The molecular weight excluding hydrogens is 252 g/mol. The first-order valence-electron chi connectivity index (χ1n) is 6.35. The van der Waals surface area contributed by atoms with Crippen LogP contribution in [-0.4, -0.2) is 6.29 Å². The van der Waals surface area contributed by atoms with Gasteiger partial charge in [-0.15, -0.1) is 11.8 Å². The molecule has 0 fully saturated rings. The zero-order chi connectivity index (χ0) is 13.8. The molecule has 0 aliphatic rings. The highest BCUT2D eigenvalue weighted by atomic mass is 32.2. The molecule has 0 saturated heterocycles. The van der Waals surface area contributed by atoms with Crippen LogP contribution in [0.15, 0.2) is 41.3 Å². The average molecular weight is 270 g/mol. The summed E-state index contributed by atoms with van der Waals surface area (Å²) in [5, 5.41) is 0. The van der Waals surface area contributed by atoms with Gasteiger partial charge in [-0.3, -0.25) is 4.79 Å². The Labute approximate surface area is 119 Å². The fourth-order valence-electron chi connectivity index (χ4n) is 2.07. The van der Waals surface area contributed by atoms with E-state index in [9.17, 15) is 4.79 Å². The van der Waals surface area contributed by atoms with Crippen molar-refractivity contribution in [3.8, 4) is 0 Å². The summed E-state index contributed by atoms with van der Waals surface area (Å²) in [7, 11) is 0. The van der Waals surface area contributed by atoms with E-state index >= 15 is 0 Å². The van der Waals surface area contributed by atoms with Gasteiger partial charge < -0.3 is 0 Å². The van der Waals surface area contributed by atoms with Crippen LogP contribution in [0.1, 0.15) is 32.6 Å². The largest absolute Gasteiger partial charge is 0.298 e. The molecule has 0 saturated carbocycles. The fourth-order valence-corrected chi connectivity index (χ4v) is 3.17.